The van der Waals surface area contributed by atoms with E-state index in [0.717, 1.165) is 0 Å². The van der Waals surface area contributed by atoms with E-state index >= 15 is 0 Å². The molecule has 0 spiro atoms. The third kappa shape index (κ3) is 5.47. The largest absolute Gasteiger partial charge is 0.481 e. The molecule has 1 aliphatic heterocycles. The highest BCUT2D eigenvalue weighted by Crippen LogP contribution is 2.04. The van der Waals surface area contributed by atoms with E-state index in [1.165, 1.54) is 0 Å². The van der Waals surface area contributed by atoms with Crippen molar-refractivity contribution >= 4 is 29.8 Å². The highest BCUT2D eigenvalue weighted by Gasteiger charge is 2.29. The molecule has 1 fully saturated rings. The van der Waals surface area contributed by atoms with Crippen LogP contribution in [0.3, 0.4) is 0 Å². The van der Waals surface area contributed by atoms with Gasteiger partial charge >= 0.3 is 18.0 Å². The van der Waals surface area contributed by atoms with Crippen LogP contribution in [0.4, 0.5) is 4.79 Å². The molecule has 10 heteroatoms. The lowest BCUT2D eigenvalue weighted by Crippen LogP contribution is -2.56. The zero-order chi connectivity index (χ0) is 16.0. The van der Waals surface area contributed by atoms with Crippen molar-refractivity contribution in [2.24, 2.45) is 0 Å². The van der Waals surface area contributed by atoms with E-state index in [1.54, 1.807) is 0 Å². The van der Waals surface area contributed by atoms with Crippen molar-refractivity contribution in [1.29, 1.82) is 0 Å². The molecule has 10 nitrogen and oxygen atoms in total. The van der Waals surface area contributed by atoms with Gasteiger partial charge in [-0.05, 0) is 12.8 Å². The Bertz CT molecular complexity index is 476. The van der Waals surface area contributed by atoms with Gasteiger partial charge in [-0.2, -0.15) is 0 Å². The Balaban J connectivity index is 2.50. The summed E-state index contributed by atoms with van der Waals surface area (Å²) in [6.07, 6.45) is -0.522. The number of carbonyl (C=O) groups excluding carboxylic acids is 3. The predicted molar refractivity (Wildman–Crippen MR) is 66.1 cm³/mol. The van der Waals surface area contributed by atoms with Gasteiger partial charge < -0.3 is 20.8 Å². The molecule has 1 heterocycles. The summed E-state index contributed by atoms with van der Waals surface area (Å²) in [6.45, 7) is 0. The number of carboxylic acids is 2. The van der Waals surface area contributed by atoms with Gasteiger partial charge in [-0.1, -0.05) is 0 Å². The van der Waals surface area contributed by atoms with Crippen LogP contribution in [0.25, 0.3) is 0 Å². The molecule has 0 aromatic carbocycles. The smallest absolute Gasteiger partial charge is 0.326 e. The van der Waals surface area contributed by atoms with Crippen LogP contribution >= 0.6 is 0 Å². The Morgan fingerprint density at radius 1 is 1.29 bits per heavy atom. The zero-order valence-electron chi connectivity index (χ0n) is 10.9. The Kier molecular flexibility index (Phi) is 5.64. The molecule has 1 aliphatic rings. The molecule has 4 amide bonds. The summed E-state index contributed by atoms with van der Waals surface area (Å²) in [5, 5.41) is 23.7. The van der Waals surface area contributed by atoms with Gasteiger partial charge in [0.15, 0.2) is 0 Å². The fourth-order valence-corrected chi connectivity index (χ4v) is 1.71. The van der Waals surface area contributed by atoms with E-state index < -0.39 is 48.3 Å². The van der Waals surface area contributed by atoms with Gasteiger partial charge in [-0.25, -0.2) is 9.59 Å². The Morgan fingerprint density at radius 3 is 2.48 bits per heavy atom. The molecule has 0 radical (unpaired) electrons. The maximum absolute atomic E-state index is 11.6. The number of urea groups is 1. The third-order valence-corrected chi connectivity index (χ3v) is 2.79. The van der Waals surface area contributed by atoms with E-state index in [-0.39, 0.29) is 19.3 Å². The molecule has 1 rings (SSSR count). The molecule has 0 aromatic rings. The van der Waals surface area contributed by atoms with E-state index in [9.17, 15) is 24.0 Å². The monoisotopic (exact) mass is 301 g/mol. The van der Waals surface area contributed by atoms with Gasteiger partial charge in [0.05, 0.1) is 0 Å². The number of hydrogen-bond acceptors (Lipinski definition) is 5. The number of imide groups is 1. The first kappa shape index (κ1) is 16.4. The summed E-state index contributed by atoms with van der Waals surface area (Å²) in [7, 11) is 0. The van der Waals surface area contributed by atoms with Gasteiger partial charge in [0.1, 0.15) is 12.1 Å². The first-order chi connectivity index (χ1) is 9.79. The van der Waals surface area contributed by atoms with Crippen LogP contribution < -0.4 is 16.0 Å². The molecule has 2 atom stereocenters. The number of piperidine rings is 1. The summed E-state index contributed by atoms with van der Waals surface area (Å²) >= 11 is 0. The van der Waals surface area contributed by atoms with Crippen LogP contribution in [-0.4, -0.2) is 52.1 Å². The number of carbonyl (C=O) groups is 5. The Hall–Kier alpha value is -2.65. The third-order valence-electron chi connectivity index (χ3n) is 2.79. The molecular weight excluding hydrogens is 286 g/mol. The van der Waals surface area contributed by atoms with Crippen molar-refractivity contribution < 1.29 is 34.2 Å². The highest BCUT2D eigenvalue weighted by molar-refractivity contribution is 6.01. The van der Waals surface area contributed by atoms with E-state index in [2.05, 4.69) is 10.6 Å². The first-order valence-corrected chi connectivity index (χ1v) is 6.15. The van der Waals surface area contributed by atoms with Gasteiger partial charge in [0.25, 0.3) is 0 Å². The standard InChI is InChI=1S/C11H15N3O7/c15-7-3-1-5(9(18)14-7)12-11(21)13-6(10(19)20)2-4-8(16)17/h5-6H,1-4H2,(H,16,17)(H,19,20)(H2,12,13,21)(H,14,15,18)/t5?,6-/m0/s1. The van der Waals surface area contributed by atoms with Crippen molar-refractivity contribution in [2.45, 2.75) is 37.8 Å². The molecule has 0 bridgehead atoms. The van der Waals surface area contributed by atoms with Crippen molar-refractivity contribution in [3.63, 3.8) is 0 Å². The van der Waals surface area contributed by atoms with Crippen molar-refractivity contribution in [1.82, 2.24) is 16.0 Å². The molecule has 1 saturated heterocycles. The fraction of sp³-hybridized carbons (Fsp3) is 0.545. The van der Waals surface area contributed by atoms with E-state index in [1.807, 2.05) is 5.32 Å². The van der Waals surface area contributed by atoms with Gasteiger partial charge in [0, 0.05) is 12.8 Å². The summed E-state index contributed by atoms with van der Waals surface area (Å²) in [6, 6.07) is -3.23. The lowest BCUT2D eigenvalue weighted by Gasteiger charge is -2.23. The number of nitrogens with one attached hydrogen (secondary N) is 3. The average Bonchev–Trinajstić information content (AvgIpc) is 2.37. The van der Waals surface area contributed by atoms with Crippen LogP contribution in [0, 0.1) is 0 Å². The van der Waals surface area contributed by atoms with Crippen molar-refractivity contribution in [3.05, 3.63) is 0 Å². The number of hydrogen-bond donors (Lipinski definition) is 5. The Morgan fingerprint density at radius 2 is 1.95 bits per heavy atom. The average molecular weight is 301 g/mol. The van der Waals surface area contributed by atoms with Gasteiger partial charge in [0.2, 0.25) is 11.8 Å². The lowest BCUT2D eigenvalue weighted by atomic mass is 10.1. The SMILES string of the molecule is O=C(O)CC[C@H](NC(=O)NC1CCC(=O)NC1=O)C(=O)O. The second-order valence-electron chi connectivity index (χ2n) is 4.44. The number of aliphatic carboxylic acids is 2. The highest BCUT2D eigenvalue weighted by atomic mass is 16.4. The molecule has 1 unspecified atom stereocenters. The van der Waals surface area contributed by atoms with Crippen LogP contribution in [-0.2, 0) is 19.2 Å². The van der Waals surface area contributed by atoms with Gasteiger partial charge in [-0.15, -0.1) is 0 Å². The summed E-state index contributed by atoms with van der Waals surface area (Å²) in [4.78, 5) is 55.2. The lowest BCUT2D eigenvalue weighted by molar-refractivity contribution is -0.140. The van der Waals surface area contributed by atoms with Crippen LogP contribution in [0.15, 0.2) is 0 Å². The summed E-state index contributed by atoms with van der Waals surface area (Å²) < 4.78 is 0. The van der Waals surface area contributed by atoms with Crippen molar-refractivity contribution in [3.8, 4) is 0 Å². The van der Waals surface area contributed by atoms with Crippen LogP contribution in [0.1, 0.15) is 25.7 Å². The summed E-state index contributed by atoms with van der Waals surface area (Å²) in [5.41, 5.74) is 0. The zero-order valence-corrected chi connectivity index (χ0v) is 10.9. The van der Waals surface area contributed by atoms with Gasteiger partial charge in [-0.3, -0.25) is 19.7 Å². The first-order valence-electron chi connectivity index (χ1n) is 6.15. The number of amides is 4. The molecule has 21 heavy (non-hydrogen) atoms. The minimum absolute atomic E-state index is 0.0675. The molecule has 5 N–H and O–H groups in total. The number of rotatable bonds is 6. The minimum atomic E-state index is -1.38. The predicted octanol–water partition coefficient (Wildman–Crippen LogP) is -1.59. The van der Waals surface area contributed by atoms with Crippen molar-refractivity contribution in [2.75, 3.05) is 0 Å². The fourth-order valence-electron chi connectivity index (χ4n) is 1.71. The minimum Gasteiger partial charge on any atom is -0.481 e. The van der Waals surface area contributed by atoms with E-state index in [4.69, 9.17) is 10.2 Å². The molecule has 116 valence electrons. The number of carboxylic acid groups (broad SMARTS) is 2. The quantitative estimate of drug-likeness (QED) is 0.369. The van der Waals surface area contributed by atoms with E-state index in [0.29, 0.717) is 0 Å². The normalized spacial score (nSPS) is 19.3. The second kappa shape index (κ2) is 7.22. The molecule has 0 aliphatic carbocycles. The maximum atomic E-state index is 11.6. The Labute approximate surface area is 118 Å². The molecular formula is C11H15N3O7. The second-order valence-corrected chi connectivity index (χ2v) is 4.44. The maximum Gasteiger partial charge on any atom is 0.326 e. The van der Waals surface area contributed by atoms with Crippen LogP contribution in [0.5, 0.6) is 0 Å². The topological polar surface area (TPSA) is 162 Å². The molecule has 0 saturated carbocycles. The van der Waals surface area contributed by atoms with Crippen LogP contribution in [0.2, 0.25) is 0 Å². The molecule has 0 aromatic heterocycles. The summed E-state index contributed by atoms with van der Waals surface area (Å²) in [5.74, 6) is -3.68.